The Morgan fingerprint density at radius 1 is 1.03 bits per heavy atom. The molecular formula is C29H42N4O3. The summed E-state index contributed by atoms with van der Waals surface area (Å²) in [5.74, 6) is 2.96. The molecule has 6 aliphatic rings. The smallest absolute Gasteiger partial charge is 0.319 e. The molecule has 0 radical (unpaired) electrons. The van der Waals surface area contributed by atoms with E-state index in [9.17, 15) is 9.59 Å². The van der Waals surface area contributed by atoms with Crippen LogP contribution in [0.1, 0.15) is 81.5 Å². The summed E-state index contributed by atoms with van der Waals surface area (Å²) in [5, 5.41) is 9.56. The maximum Gasteiger partial charge on any atom is 0.319 e. The van der Waals surface area contributed by atoms with Gasteiger partial charge in [-0.05, 0) is 106 Å². The van der Waals surface area contributed by atoms with Crippen LogP contribution in [-0.2, 0) is 4.74 Å². The molecule has 4 saturated carbocycles. The van der Waals surface area contributed by atoms with Crippen LogP contribution in [0.5, 0.6) is 0 Å². The third kappa shape index (κ3) is 5.09. The highest BCUT2D eigenvalue weighted by Crippen LogP contribution is 2.55. The van der Waals surface area contributed by atoms with Gasteiger partial charge in [0, 0.05) is 43.2 Å². The molecule has 36 heavy (non-hydrogen) atoms. The molecule has 1 aromatic rings. The average Bonchev–Trinajstić information content (AvgIpc) is 3.36. The Hall–Kier alpha value is -2.28. The van der Waals surface area contributed by atoms with Crippen molar-refractivity contribution in [3.63, 3.8) is 0 Å². The van der Waals surface area contributed by atoms with E-state index in [1.54, 1.807) is 0 Å². The number of nitrogens with one attached hydrogen (secondary N) is 3. The highest BCUT2D eigenvalue weighted by atomic mass is 16.5. The van der Waals surface area contributed by atoms with E-state index in [2.05, 4.69) is 27.8 Å². The number of piperidine rings is 1. The Kier molecular flexibility index (Phi) is 6.61. The van der Waals surface area contributed by atoms with E-state index in [-0.39, 0.29) is 23.6 Å². The number of amides is 3. The predicted molar refractivity (Wildman–Crippen MR) is 141 cm³/mol. The summed E-state index contributed by atoms with van der Waals surface area (Å²) in [7, 11) is 0. The number of hydrogen-bond acceptors (Lipinski definition) is 4. The third-order valence-electron chi connectivity index (χ3n) is 9.55. The number of hydrogen-bond donors (Lipinski definition) is 3. The largest absolute Gasteiger partial charge is 0.376 e. The molecule has 2 aliphatic heterocycles. The van der Waals surface area contributed by atoms with E-state index >= 15 is 0 Å². The lowest BCUT2D eigenvalue weighted by Crippen LogP contribution is -2.60. The molecule has 1 unspecified atom stereocenters. The quantitative estimate of drug-likeness (QED) is 0.524. The van der Waals surface area contributed by atoms with Gasteiger partial charge in [-0.1, -0.05) is 6.92 Å². The molecular weight excluding hydrogens is 452 g/mol. The number of carbonyl (C=O) groups is 2. The van der Waals surface area contributed by atoms with Crippen molar-refractivity contribution in [3.05, 3.63) is 23.8 Å². The van der Waals surface area contributed by atoms with Gasteiger partial charge >= 0.3 is 6.03 Å². The topological polar surface area (TPSA) is 82.7 Å². The van der Waals surface area contributed by atoms with Gasteiger partial charge in [0.2, 0.25) is 0 Å². The fraction of sp³-hybridized carbons (Fsp3) is 0.724. The molecule has 1 atom stereocenters. The van der Waals surface area contributed by atoms with Gasteiger partial charge in [0.25, 0.3) is 5.91 Å². The Morgan fingerprint density at radius 3 is 2.36 bits per heavy atom. The molecule has 4 bridgehead atoms. The highest BCUT2D eigenvalue weighted by molar-refractivity contribution is 6.02. The second-order valence-corrected chi connectivity index (χ2v) is 12.5. The minimum absolute atomic E-state index is 0.0369. The lowest BCUT2D eigenvalue weighted by Gasteiger charge is -2.56. The molecule has 3 N–H and O–H groups in total. The van der Waals surface area contributed by atoms with Crippen LogP contribution < -0.4 is 20.9 Å². The standard InChI is InChI=1S/C29H42N4O3/c1-19-6-8-33(9-7-19)26-5-4-23(14-25(26)27(34)30-18-24-3-2-10-36-24)31-28(35)32-29-15-20-11-21(16-29)13-22(12-20)17-29/h4-5,14,19-22,24H,2-3,6-13,15-18H2,1H3,(H,30,34)(H2,31,32,35). The van der Waals surface area contributed by atoms with Gasteiger partial charge in [0.05, 0.1) is 11.7 Å². The van der Waals surface area contributed by atoms with Gasteiger partial charge in [0.1, 0.15) is 0 Å². The van der Waals surface area contributed by atoms with Crippen LogP contribution in [0.4, 0.5) is 16.2 Å². The lowest BCUT2D eigenvalue weighted by atomic mass is 9.53. The van der Waals surface area contributed by atoms with Crippen LogP contribution in [0, 0.1) is 23.7 Å². The predicted octanol–water partition coefficient (Wildman–Crippen LogP) is 4.92. The Bertz CT molecular complexity index is 945. The molecule has 196 valence electrons. The first kappa shape index (κ1) is 24.1. The third-order valence-corrected chi connectivity index (χ3v) is 9.55. The first-order valence-corrected chi connectivity index (χ1v) is 14.3. The maximum absolute atomic E-state index is 13.3. The summed E-state index contributed by atoms with van der Waals surface area (Å²) in [5.41, 5.74) is 2.23. The summed E-state index contributed by atoms with van der Waals surface area (Å²) in [6.45, 7) is 5.50. The zero-order chi connectivity index (χ0) is 24.7. The van der Waals surface area contributed by atoms with Gasteiger partial charge in [-0.3, -0.25) is 4.79 Å². The van der Waals surface area contributed by atoms with Crippen molar-refractivity contribution in [3.8, 4) is 0 Å². The number of carbonyl (C=O) groups excluding carboxylic acids is 2. The molecule has 0 spiro atoms. The van der Waals surface area contributed by atoms with Gasteiger partial charge in [-0.15, -0.1) is 0 Å². The second kappa shape index (κ2) is 9.88. The number of nitrogens with zero attached hydrogens (tertiary/aromatic N) is 1. The van der Waals surface area contributed by atoms with Crippen molar-refractivity contribution in [1.82, 2.24) is 10.6 Å². The van der Waals surface area contributed by atoms with Crippen molar-refractivity contribution in [1.29, 1.82) is 0 Å². The Balaban J connectivity index is 1.16. The molecule has 4 aliphatic carbocycles. The summed E-state index contributed by atoms with van der Waals surface area (Å²) >= 11 is 0. The van der Waals surface area contributed by atoms with Gasteiger partial charge in [0.15, 0.2) is 0 Å². The number of rotatable bonds is 6. The summed E-state index contributed by atoms with van der Waals surface area (Å²) in [4.78, 5) is 28.8. The maximum atomic E-state index is 13.3. The van der Waals surface area contributed by atoms with Crippen molar-refractivity contribution >= 4 is 23.3 Å². The molecule has 0 aromatic heterocycles. The van der Waals surface area contributed by atoms with Crippen LogP contribution in [0.3, 0.4) is 0 Å². The zero-order valence-corrected chi connectivity index (χ0v) is 21.7. The van der Waals surface area contributed by atoms with E-state index in [0.717, 1.165) is 88.1 Å². The summed E-state index contributed by atoms with van der Waals surface area (Å²) in [6.07, 6.45) is 11.8. The second-order valence-electron chi connectivity index (χ2n) is 12.5. The molecule has 7 rings (SSSR count). The first-order valence-electron chi connectivity index (χ1n) is 14.3. The molecule has 2 saturated heterocycles. The molecule has 2 heterocycles. The lowest BCUT2D eigenvalue weighted by molar-refractivity contribution is -0.0127. The van der Waals surface area contributed by atoms with Crippen LogP contribution >= 0.6 is 0 Å². The van der Waals surface area contributed by atoms with Crippen molar-refractivity contribution < 1.29 is 14.3 Å². The monoisotopic (exact) mass is 494 g/mol. The van der Waals surface area contributed by atoms with E-state index in [1.807, 2.05) is 18.2 Å². The number of urea groups is 1. The molecule has 7 heteroatoms. The van der Waals surface area contributed by atoms with Crippen molar-refractivity contribution in [2.24, 2.45) is 23.7 Å². The number of benzene rings is 1. The summed E-state index contributed by atoms with van der Waals surface area (Å²) < 4.78 is 5.70. The normalized spacial score (nSPS) is 33.5. The SMILES string of the molecule is CC1CCN(c2ccc(NC(=O)NC34CC5CC(CC(C5)C3)C4)cc2C(=O)NCC2CCCO2)CC1. The van der Waals surface area contributed by atoms with Crippen molar-refractivity contribution in [2.75, 3.05) is 36.5 Å². The van der Waals surface area contributed by atoms with Gasteiger partial charge in [-0.25, -0.2) is 4.79 Å². The van der Waals surface area contributed by atoms with E-state index in [1.165, 1.54) is 19.3 Å². The molecule has 6 fully saturated rings. The molecule has 1 aromatic carbocycles. The number of ether oxygens (including phenoxy) is 1. The van der Waals surface area contributed by atoms with Crippen LogP contribution in [0.25, 0.3) is 0 Å². The van der Waals surface area contributed by atoms with Crippen LogP contribution in [0.2, 0.25) is 0 Å². The average molecular weight is 495 g/mol. The fourth-order valence-electron chi connectivity index (χ4n) is 8.09. The fourth-order valence-corrected chi connectivity index (χ4v) is 8.09. The van der Waals surface area contributed by atoms with Crippen LogP contribution in [-0.4, -0.2) is 49.8 Å². The van der Waals surface area contributed by atoms with E-state index in [4.69, 9.17) is 4.74 Å². The summed E-state index contributed by atoms with van der Waals surface area (Å²) in [6, 6.07) is 5.68. The van der Waals surface area contributed by atoms with E-state index < -0.39 is 0 Å². The minimum Gasteiger partial charge on any atom is -0.376 e. The van der Waals surface area contributed by atoms with Crippen molar-refractivity contribution in [2.45, 2.75) is 82.8 Å². The highest BCUT2D eigenvalue weighted by Gasteiger charge is 2.51. The van der Waals surface area contributed by atoms with Gasteiger partial charge in [-0.2, -0.15) is 0 Å². The minimum atomic E-state index is -0.137. The molecule has 3 amide bonds. The number of anilines is 2. The zero-order valence-electron chi connectivity index (χ0n) is 21.7. The van der Waals surface area contributed by atoms with Crippen LogP contribution in [0.15, 0.2) is 18.2 Å². The Morgan fingerprint density at radius 2 is 1.72 bits per heavy atom. The first-order chi connectivity index (χ1) is 17.4. The molecule has 7 nitrogen and oxygen atoms in total. The van der Waals surface area contributed by atoms with E-state index in [0.29, 0.717) is 23.7 Å². The van der Waals surface area contributed by atoms with Gasteiger partial charge < -0.3 is 25.6 Å². The Labute approximate surface area is 215 Å².